The molecule has 0 amide bonds. The number of hydrogen-bond donors (Lipinski definition) is 0. The summed E-state index contributed by atoms with van der Waals surface area (Å²) in [6.45, 7) is 2.18. The van der Waals surface area contributed by atoms with Gasteiger partial charge in [-0.3, -0.25) is 14.0 Å². The molecule has 1 aliphatic heterocycles. The lowest BCUT2D eigenvalue weighted by Gasteiger charge is -2.28. The lowest BCUT2D eigenvalue weighted by molar-refractivity contribution is 0.00397. The highest BCUT2D eigenvalue weighted by molar-refractivity contribution is 5.88. The zero-order valence-corrected chi connectivity index (χ0v) is 19.4. The fourth-order valence-electron chi connectivity index (χ4n) is 4.64. The van der Waals surface area contributed by atoms with Gasteiger partial charge in [-0.1, -0.05) is 0 Å². The maximum atomic E-state index is 14.8. The quantitative estimate of drug-likeness (QED) is 0.438. The number of hydrogen-bond acceptors (Lipinski definition) is 6. The Kier molecular flexibility index (Phi) is 5.21. The van der Waals surface area contributed by atoms with Crippen LogP contribution in [0.3, 0.4) is 0 Å². The van der Waals surface area contributed by atoms with Gasteiger partial charge < -0.3 is 4.74 Å². The van der Waals surface area contributed by atoms with Gasteiger partial charge in [-0.05, 0) is 44.7 Å². The van der Waals surface area contributed by atoms with Crippen LogP contribution in [0.1, 0.15) is 61.0 Å². The fraction of sp³-hybridized carbons (Fsp3) is 0.400. The minimum absolute atomic E-state index is 0.0783. The van der Waals surface area contributed by atoms with Crippen LogP contribution in [0.4, 0.5) is 8.78 Å². The monoisotopic (exact) mass is 478 g/mol. The summed E-state index contributed by atoms with van der Waals surface area (Å²) in [6.07, 6.45) is 7.25. The van der Waals surface area contributed by atoms with E-state index in [0.29, 0.717) is 37.1 Å². The molecule has 180 valence electrons. The third-order valence-electron chi connectivity index (χ3n) is 6.92. The number of ether oxygens (including phenoxy) is 1. The molecule has 6 rings (SSSR count). The van der Waals surface area contributed by atoms with Crippen LogP contribution in [0.2, 0.25) is 0 Å². The molecule has 0 spiro atoms. The highest BCUT2D eigenvalue weighted by atomic mass is 19.1. The maximum absolute atomic E-state index is 14.8. The summed E-state index contributed by atoms with van der Waals surface area (Å²) >= 11 is 0. The van der Waals surface area contributed by atoms with Crippen LogP contribution < -0.4 is 5.56 Å². The Balaban J connectivity index is 1.45. The lowest BCUT2D eigenvalue weighted by atomic mass is 9.92. The van der Waals surface area contributed by atoms with E-state index in [1.807, 2.05) is 17.1 Å². The summed E-state index contributed by atoms with van der Waals surface area (Å²) in [4.78, 5) is 26.9. The van der Waals surface area contributed by atoms with Crippen LogP contribution in [0.15, 0.2) is 35.4 Å². The van der Waals surface area contributed by atoms with E-state index in [2.05, 4.69) is 15.1 Å². The zero-order chi connectivity index (χ0) is 24.3. The van der Waals surface area contributed by atoms with Gasteiger partial charge in [0, 0.05) is 43.0 Å². The number of aryl methyl sites for hydroxylation is 1. The zero-order valence-electron chi connectivity index (χ0n) is 19.4. The molecule has 0 radical (unpaired) electrons. The molecule has 2 atom stereocenters. The van der Waals surface area contributed by atoms with Crippen molar-refractivity contribution < 1.29 is 13.5 Å². The molecule has 0 bridgehead atoms. The highest BCUT2D eigenvalue weighted by Gasteiger charge is 2.31. The third-order valence-corrected chi connectivity index (χ3v) is 6.92. The molecule has 1 aromatic carbocycles. The van der Waals surface area contributed by atoms with E-state index in [9.17, 15) is 13.6 Å². The number of fused-ring (bicyclic) bond motifs is 1. The first-order valence-electron chi connectivity index (χ1n) is 11.8. The van der Waals surface area contributed by atoms with Gasteiger partial charge in [-0.2, -0.15) is 5.10 Å². The van der Waals surface area contributed by atoms with Gasteiger partial charge in [0.2, 0.25) is 0 Å². The number of rotatable bonds is 4. The van der Waals surface area contributed by atoms with E-state index in [-0.39, 0.29) is 39.9 Å². The average Bonchev–Trinajstić information content (AvgIpc) is 3.59. The Morgan fingerprint density at radius 1 is 1.09 bits per heavy atom. The molecule has 0 unspecified atom stereocenters. The van der Waals surface area contributed by atoms with Crippen molar-refractivity contribution in [3.8, 4) is 11.3 Å². The van der Waals surface area contributed by atoms with Gasteiger partial charge in [0.05, 0.1) is 18.3 Å². The lowest BCUT2D eigenvalue weighted by Crippen LogP contribution is -2.25. The first-order valence-corrected chi connectivity index (χ1v) is 11.8. The van der Waals surface area contributed by atoms with E-state index in [4.69, 9.17) is 9.72 Å². The molecule has 4 aromatic rings. The van der Waals surface area contributed by atoms with Crippen molar-refractivity contribution in [3.05, 3.63) is 69.8 Å². The normalized spacial score (nSPS) is 20.5. The summed E-state index contributed by atoms with van der Waals surface area (Å²) in [5.74, 6) is -0.698. The van der Waals surface area contributed by atoms with Crippen LogP contribution in [0, 0.1) is 18.6 Å². The molecule has 10 heteroatoms. The molecule has 4 heterocycles. The topological polar surface area (TPSA) is 87.7 Å². The maximum Gasteiger partial charge on any atom is 0.279 e. The van der Waals surface area contributed by atoms with Crippen molar-refractivity contribution in [1.82, 2.24) is 29.3 Å². The minimum Gasteiger partial charge on any atom is -0.373 e. The van der Waals surface area contributed by atoms with Crippen LogP contribution in [0.25, 0.3) is 22.3 Å². The van der Waals surface area contributed by atoms with Crippen molar-refractivity contribution in [2.24, 2.45) is 7.05 Å². The highest BCUT2D eigenvalue weighted by Crippen LogP contribution is 2.39. The van der Waals surface area contributed by atoms with Crippen molar-refractivity contribution in [2.75, 3.05) is 6.61 Å². The summed E-state index contributed by atoms with van der Waals surface area (Å²) in [7, 11) is 1.62. The predicted molar refractivity (Wildman–Crippen MR) is 124 cm³/mol. The summed E-state index contributed by atoms with van der Waals surface area (Å²) in [5, 5.41) is 4.47. The molecule has 2 fully saturated rings. The van der Waals surface area contributed by atoms with Gasteiger partial charge in [0.25, 0.3) is 5.56 Å². The van der Waals surface area contributed by atoms with Crippen molar-refractivity contribution in [3.63, 3.8) is 0 Å². The summed E-state index contributed by atoms with van der Waals surface area (Å²) in [5.41, 5.74) is 1.25. The molecular weight excluding hydrogens is 454 g/mol. The summed E-state index contributed by atoms with van der Waals surface area (Å²) < 4.78 is 37.9. The van der Waals surface area contributed by atoms with Gasteiger partial charge in [0.15, 0.2) is 5.52 Å². The van der Waals surface area contributed by atoms with E-state index in [1.165, 1.54) is 16.7 Å². The number of aromatic nitrogens is 6. The smallest absolute Gasteiger partial charge is 0.279 e. The third kappa shape index (κ3) is 3.91. The molecule has 3 aromatic heterocycles. The fourth-order valence-corrected chi connectivity index (χ4v) is 4.64. The van der Waals surface area contributed by atoms with Crippen molar-refractivity contribution in [1.29, 1.82) is 0 Å². The predicted octanol–water partition coefficient (Wildman–Crippen LogP) is 4.14. The Morgan fingerprint density at radius 3 is 2.69 bits per heavy atom. The Bertz CT molecular complexity index is 1510. The average molecular weight is 479 g/mol. The Morgan fingerprint density at radius 2 is 1.91 bits per heavy atom. The van der Waals surface area contributed by atoms with Gasteiger partial charge in [-0.15, -0.1) is 0 Å². The Hall–Kier alpha value is -3.53. The van der Waals surface area contributed by atoms with Gasteiger partial charge >= 0.3 is 0 Å². The Labute approximate surface area is 199 Å². The van der Waals surface area contributed by atoms with Gasteiger partial charge in [0.1, 0.15) is 34.5 Å². The SMILES string of the molecule is Cc1nc2c(-c3ccc(F)cc3F)nc([C@@H]3CCO[C@@H](c4cnn(C5CC5)c4)C3)nc2c(=O)n1C. The van der Waals surface area contributed by atoms with E-state index >= 15 is 0 Å². The molecule has 1 saturated carbocycles. The van der Waals surface area contributed by atoms with Crippen LogP contribution in [-0.4, -0.2) is 35.9 Å². The second-order valence-electron chi connectivity index (χ2n) is 9.34. The molecule has 8 nitrogen and oxygen atoms in total. The van der Waals surface area contributed by atoms with Crippen molar-refractivity contribution >= 4 is 11.0 Å². The standard InChI is InChI=1S/C25H24F2N6O2/c1-13-29-22-21(18-6-3-16(26)10-19(18)27)30-24(31-23(22)25(34)32(13)2)14-7-8-35-20(9-14)15-11-28-33(12-15)17-4-5-17/h3,6,10-12,14,17,20H,4-5,7-9H2,1-2H3/t14-,20-/m1/s1. The molecular formula is C25H24F2N6O2. The molecule has 1 aliphatic carbocycles. The van der Waals surface area contributed by atoms with Gasteiger partial charge in [-0.25, -0.2) is 23.7 Å². The molecule has 2 aliphatic rings. The van der Waals surface area contributed by atoms with Crippen molar-refractivity contribution in [2.45, 2.75) is 50.7 Å². The number of benzene rings is 1. The van der Waals surface area contributed by atoms with Crippen LogP contribution in [0.5, 0.6) is 0 Å². The number of nitrogens with zero attached hydrogens (tertiary/aromatic N) is 6. The molecule has 0 N–H and O–H groups in total. The second kappa shape index (κ2) is 8.30. The van der Waals surface area contributed by atoms with Crippen LogP contribution >= 0.6 is 0 Å². The van der Waals surface area contributed by atoms with Crippen LogP contribution in [-0.2, 0) is 11.8 Å². The van der Waals surface area contributed by atoms with E-state index < -0.39 is 11.6 Å². The number of halogens is 2. The first kappa shape index (κ1) is 22.0. The second-order valence-corrected chi connectivity index (χ2v) is 9.34. The molecule has 1 saturated heterocycles. The largest absolute Gasteiger partial charge is 0.373 e. The van der Waals surface area contributed by atoms with E-state index in [0.717, 1.165) is 24.5 Å². The summed E-state index contributed by atoms with van der Waals surface area (Å²) in [6, 6.07) is 3.78. The first-order chi connectivity index (χ1) is 16.9. The molecule has 35 heavy (non-hydrogen) atoms. The van der Waals surface area contributed by atoms with E-state index in [1.54, 1.807) is 14.0 Å². The minimum atomic E-state index is -0.770.